The van der Waals surface area contributed by atoms with Gasteiger partial charge in [0.15, 0.2) is 0 Å². The van der Waals surface area contributed by atoms with Crippen molar-refractivity contribution in [2.45, 2.75) is 19.3 Å². The molecule has 0 saturated carbocycles. The molecule has 3 heteroatoms. The van der Waals surface area contributed by atoms with Crippen molar-refractivity contribution in [3.05, 3.63) is 35.4 Å². The largest absolute Gasteiger partial charge is 0.303 e. The van der Waals surface area contributed by atoms with E-state index in [2.05, 4.69) is 0 Å². The molecule has 0 amide bonds. The van der Waals surface area contributed by atoms with Gasteiger partial charge in [0.05, 0.1) is 0 Å². The third-order valence-electron chi connectivity index (χ3n) is 1.71. The number of hydrogen-bond acceptors (Lipinski definition) is 1. The number of carbonyl (C=O) groups is 1. The minimum atomic E-state index is -0.568. The zero-order valence-electron chi connectivity index (χ0n) is 7.09. The van der Waals surface area contributed by atoms with Crippen LogP contribution in [0.25, 0.3) is 0 Å². The summed E-state index contributed by atoms with van der Waals surface area (Å²) in [5.74, 6) is -1.14. The Hall–Kier alpha value is -1.25. The van der Waals surface area contributed by atoms with E-state index in [0.717, 1.165) is 12.4 Å². The van der Waals surface area contributed by atoms with E-state index < -0.39 is 11.6 Å². The molecular formula is C10H10F2O. The molecule has 1 nitrogen and oxygen atoms in total. The Morgan fingerprint density at radius 2 is 1.77 bits per heavy atom. The number of unbranched alkanes of at least 4 members (excludes halogenated alkanes) is 1. The molecule has 0 aliphatic carbocycles. The summed E-state index contributed by atoms with van der Waals surface area (Å²) in [5, 5.41) is 0. The maximum absolute atomic E-state index is 12.6. The van der Waals surface area contributed by atoms with E-state index in [1.807, 2.05) is 0 Å². The van der Waals surface area contributed by atoms with Gasteiger partial charge in [-0.3, -0.25) is 0 Å². The van der Waals surface area contributed by atoms with Gasteiger partial charge in [0.2, 0.25) is 0 Å². The van der Waals surface area contributed by atoms with Crippen LogP contribution in [0.3, 0.4) is 0 Å². The Labute approximate surface area is 75.4 Å². The second kappa shape index (κ2) is 4.70. The van der Waals surface area contributed by atoms with Crippen molar-refractivity contribution >= 4 is 6.29 Å². The van der Waals surface area contributed by atoms with Gasteiger partial charge in [-0.25, -0.2) is 8.78 Å². The quantitative estimate of drug-likeness (QED) is 0.519. The molecule has 0 radical (unpaired) electrons. The van der Waals surface area contributed by atoms with E-state index in [1.54, 1.807) is 0 Å². The summed E-state index contributed by atoms with van der Waals surface area (Å²) in [5.41, 5.74) is 0.597. The van der Waals surface area contributed by atoms with E-state index in [4.69, 9.17) is 0 Å². The van der Waals surface area contributed by atoms with Gasteiger partial charge < -0.3 is 4.79 Å². The molecule has 1 rings (SSSR count). The molecule has 0 N–H and O–H groups in total. The van der Waals surface area contributed by atoms with E-state index in [0.29, 0.717) is 24.8 Å². The first-order valence-electron chi connectivity index (χ1n) is 4.11. The molecule has 0 aromatic heterocycles. The van der Waals surface area contributed by atoms with Gasteiger partial charge in [0, 0.05) is 12.5 Å². The van der Waals surface area contributed by atoms with Crippen LogP contribution in [0.2, 0.25) is 0 Å². The fourth-order valence-electron chi connectivity index (χ4n) is 1.14. The van der Waals surface area contributed by atoms with Crippen LogP contribution in [0, 0.1) is 11.6 Å². The first-order valence-corrected chi connectivity index (χ1v) is 4.11. The SMILES string of the molecule is O=CCCCc1cc(F)cc(F)c1. The third kappa shape index (κ3) is 3.32. The Bertz CT molecular complexity index is 277. The van der Waals surface area contributed by atoms with Crippen LogP contribution in [0.15, 0.2) is 18.2 Å². The van der Waals surface area contributed by atoms with Crippen molar-refractivity contribution in [2.24, 2.45) is 0 Å². The topological polar surface area (TPSA) is 17.1 Å². The number of benzene rings is 1. The van der Waals surface area contributed by atoms with Gasteiger partial charge in [-0.15, -0.1) is 0 Å². The lowest BCUT2D eigenvalue weighted by atomic mass is 10.1. The van der Waals surface area contributed by atoms with Crippen LogP contribution in [-0.4, -0.2) is 6.29 Å². The Kier molecular flexibility index (Phi) is 3.55. The summed E-state index contributed by atoms with van der Waals surface area (Å²) >= 11 is 0. The van der Waals surface area contributed by atoms with Crippen molar-refractivity contribution in [2.75, 3.05) is 0 Å². The zero-order chi connectivity index (χ0) is 9.68. The highest BCUT2D eigenvalue weighted by Gasteiger charge is 1.99. The highest BCUT2D eigenvalue weighted by atomic mass is 19.1. The molecule has 0 aliphatic heterocycles. The van der Waals surface area contributed by atoms with E-state index in [-0.39, 0.29) is 0 Å². The molecule has 13 heavy (non-hydrogen) atoms. The molecular weight excluding hydrogens is 174 g/mol. The smallest absolute Gasteiger partial charge is 0.126 e. The average molecular weight is 184 g/mol. The molecule has 0 atom stereocenters. The van der Waals surface area contributed by atoms with Crippen molar-refractivity contribution in [1.29, 1.82) is 0 Å². The van der Waals surface area contributed by atoms with Crippen molar-refractivity contribution < 1.29 is 13.6 Å². The van der Waals surface area contributed by atoms with E-state index in [9.17, 15) is 13.6 Å². The lowest BCUT2D eigenvalue weighted by Crippen LogP contribution is -1.89. The molecule has 0 fully saturated rings. The first kappa shape index (κ1) is 9.84. The Balaban J connectivity index is 2.60. The van der Waals surface area contributed by atoms with Crippen LogP contribution >= 0.6 is 0 Å². The number of rotatable bonds is 4. The fourth-order valence-corrected chi connectivity index (χ4v) is 1.14. The average Bonchev–Trinajstić information content (AvgIpc) is 2.03. The lowest BCUT2D eigenvalue weighted by molar-refractivity contribution is -0.107. The second-order valence-corrected chi connectivity index (χ2v) is 2.84. The summed E-state index contributed by atoms with van der Waals surface area (Å²) in [6.07, 6.45) is 2.40. The van der Waals surface area contributed by atoms with Gasteiger partial charge in [-0.05, 0) is 30.5 Å². The number of carbonyl (C=O) groups excluding carboxylic acids is 1. The van der Waals surface area contributed by atoms with E-state index >= 15 is 0 Å². The zero-order valence-corrected chi connectivity index (χ0v) is 7.09. The normalized spacial score (nSPS) is 10.0. The van der Waals surface area contributed by atoms with Crippen molar-refractivity contribution in [3.63, 3.8) is 0 Å². The number of halogens is 2. The third-order valence-corrected chi connectivity index (χ3v) is 1.71. The minimum Gasteiger partial charge on any atom is -0.303 e. The van der Waals surface area contributed by atoms with Crippen molar-refractivity contribution in [1.82, 2.24) is 0 Å². The predicted molar refractivity (Wildman–Crippen MR) is 45.4 cm³/mol. The molecule has 0 heterocycles. The molecule has 70 valence electrons. The molecule has 1 aromatic carbocycles. The first-order chi connectivity index (χ1) is 6.22. The van der Waals surface area contributed by atoms with Gasteiger partial charge in [0.25, 0.3) is 0 Å². The summed E-state index contributed by atoms with van der Waals surface area (Å²) in [7, 11) is 0. The van der Waals surface area contributed by atoms with Gasteiger partial charge >= 0.3 is 0 Å². The maximum Gasteiger partial charge on any atom is 0.126 e. The highest BCUT2D eigenvalue weighted by molar-refractivity contribution is 5.49. The van der Waals surface area contributed by atoms with Crippen LogP contribution < -0.4 is 0 Å². The Morgan fingerprint density at radius 1 is 1.15 bits per heavy atom. The molecule has 0 bridgehead atoms. The van der Waals surface area contributed by atoms with Crippen LogP contribution in [0.4, 0.5) is 8.78 Å². The standard InChI is InChI=1S/C10H10F2O/c11-9-5-8(3-1-2-4-13)6-10(12)7-9/h4-7H,1-3H2. The second-order valence-electron chi connectivity index (χ2n) is 2.84. The summed E-state index contributed by atoms with van der Waals surface area (Å²) in [6, 6.07) is 3.41. The van der Waals surface area contributed by atoms with Gasteiger partial charge in [-0.1, -0.05) is 0 Å². The fraction of sp³-hybridized carbons (Fsp3) is 0.300. The summed E-state index contributed by atoms with van der Waals surface area (Å²) in [6.45, 7) is 0. The molecule has 0 spiro atoms. The highest BCUT2D eigenvalue weighted by Crippen LogP contribution is 2.10. The van der Waals surface area contributed by atoms with Crippen LogP contribution in [0.1, 0.15) is 18.4 Å². The summed E-state index contributed by atoms with van der Waals surface area (Å²) in [4.78, 5) is 9.98. The molecule has 1 aromatic rings. The number of hydrogen-bond donors (Lipinski definition) is 0. The maximum atomic E-state index is 12.6. The molecule has 0 saturated heterocycles. The van der Waals surface area contributed by atoms with Crippen molar-refractivity contribution in [3.8, 4) is 0 Å². The van der Waals surface area contributed by atoms with Gasteiger partial charge in [0.1, 0.15) is 17.9 Å². The minimum absolute atomic E-state index is 0.429. The number of aryl methyl sites for hydroxylation is 1. The molecule has 0 unspecified atom stereocenters. The van der Waals surface area contributed by atoms with Gasteiger partial charge in [-0.2, -0.15) is 0 Å². The Morgan fingerprint density at radius 3 is 2.31 bits per heavy atom. The van der Waals surface area contributed by atoms with Crippen LogP contribution in [0.5, 0.6) is 0 Å². The lowest BCUT2D eigenvalue weighted by Gasteiger charge is -1.99. The molecule has 0 aliphatic rings. The predicted octanol–water partition coefficient (Wildman–Crippen LogP) is 2.49. The van der Waals surface area contributed by atoms with E-state index in [1.165, 1.54) is 12.1 Å². The summed E-state index contributed by atoms with van der Waals surface area (Å²) < 4.78 is 25.3. The monoisotopic (exact) mass is 184 g/mol. The number of aldehydes is 1. The van der Waals surface area contributed by atoms with Crippen LogP contribution in [-0.2, 0) is 11.2 Å².